The molecule has 0 spiro atoms. The normalized spacial score (nSPS) is 15.8. The zero-order valence-corrected chi connectivity index (χ0v) is 13.7. The molecule has 1 aliphatic heterocycles. The lowest BCUT2D eigenvalue weighted by Crippen LogP contribution is -2.28. The Bertz CT molecular complexity index is 942. The van der Waals surface area contributed by atoms with Gasteiger partial charge in [0.25, 0.3) is 5.56 Å². The van der Waals surface area contributed by atoms with Crippen molar-refractivity contribution in [1.82, 2.24) is 9.97 Å². The lowest BCUT2D eigenvalue weighted by atomic mass is 9.85. The van der Waals surface area contributed by atoms with Crippen LogP contribution < -0.4 is 25.5 Å². The molecule has 2 aromatic rings. The van der Waals surface area contributed by atoms with Gasteiger partial charge in [-0.3, -0.25) is 4.79 Å². The summed E-state index contributed by atoms with van der Waals surface area (Å²) in [6.07, 6.45) is 1.22. The highest BCUT2D eigenvalue weighted by atomic mass is 16.5. The molecular formula is C17H16N4O4. The average molecular weight is 340 g/mol. The zero-order valence-electron chi connectivity index (χ0n) is 13.7. The first-order valence-corrected chi connectivity index (χ1v) is 7.56. The van der Waals surface area contributed by atoms with E-state index in [4.69, 9.17) is 19.9 Å². The quantitative estimate of drug-likeness (QED) is 0.862. The largest absolute Gasteiger partial charge is 0.493 e. The lowest BCUT2D eigenvalue weighted by molar-refractivity contribution is 0.310. The van der Waals surface area contributed by atoms with Crippen molar-refractivity contribution in [2.75, 3.05) is 13.7 Å². The van der Waals surface area contributed by atoms with Crippen molar-refractivity contribution < 1.29 is 14.2 Å². The second-order valence-electron chi connectivity index (χ2n) is 5.22. The second kappa shape index (κ2) is 6.57. The number of methoxy groups -OCH3 is 1. The molecule has 3 N–H and O–H groups in total. The van der Waals surface area contributed by atoms with Crippen LogP contribution >= 0.6 is 0 Å². The van der Waals surface area contributed by atoms with Crippen LogP contribution in [0.3, 0.4) is 0 Å². The van der Waals surface area contributed by atoms with Gasteiger partial charge in [-0.15, -0.1) is 0 Å². The van der Waals surface area contributed by atoms with E-state index in [1.54, 1.807) is 18.2 Å². The predicted octanol–water partition coefficient (Wildman–Crippen LogP) is 1.40. The van der Waals surface area contributed by atoms with Gasteiger partial charge in [-0.2, -0.15) is 5.26 Å². The number of benzene rings is 1. The van der Waals surface area contributed by atoms with Crippen molar-refractivity contribution in [3.05, 3.63) is 57.5 Å². The number of nitrogens with one attached hydrogen (secondary N) is 1. The summed E-state index contributed by atoms with van der Waals surface area (Å²) in [6.45, 7) is 2.35. The molecule has 0 radical (unpaired) electrons. The van der Waals surface area contributed by atoms with Crippen molar-refractivity contribution >= 4 is 0 Å². The van der Waals surface area contributed by atoms with Crippen LogP contribution in [0.1, 0.15) is 24.0 Å². The fraction of sp³-hybridized carbons (Fsp3) is 0.235. The topological polar surface area (TPSA) is 123 Å². The molecule has 128 valence electrons. The van der Waals surface area contributed by atoms with Crippen molar-refractivity contribution in [2.45, 2.75) is 12.8 Å². The molecule has 0 saturated carbocycles. The van der Waals surface area contributed by atoms with Crippen molar-refractivity contribution in [1.29, 1.82) is 5.26 Å². The lowest BCUT2D eigenvalue weighted by Gasteiger charge is -2.24. The molecule has 8 heteroatoms. The fourth-order valence-electron chi connectivity index (χ4n) is 2.77. The number of aromatic amines is 1. The molecule has 8 nitrogen and oxygen atoms in total. The van der Waals surface area contributed by atoms with Gasteiger partial charge in [0, 0.05) is 0 Å². The first-order chi connectivity index (χ1) is 12.1. The number of nitrogens with zero attached hydrogens (tertiary/aromatic N) is 2. The summed E-state index contributed by atoms with van der Waals surface area (Å²) in [5, 5.41) is 9.52. The van der Waals surface area contributed by atoms with E-state index in [-0.39, 0.29) is 22.9 Å². The van der Waals surface area contributed by atoms with Gasteiger partial charge < -0.3 is 24.9 Å². The second-order valence-corrected chi connectivity index (χ2v) is 5.22. The van der Waals surface area contributed by atoms with Crippen LogP contribution in [-0.2, 0) is 0 Å². The molecule has 1 aromatic heterocycles. The maximum atomic E-state index is 12.3. The molecule has 3 rings (SSSR count). The van der Waals surface area contributed by atoms with E-state index in [1.807, 2.05) is 13.0 Å². The third-order valence-electron chi connectivity index (χ3n) is 3.84. The van der Waals surface area contributed by atoms with E-state index in [2.05, 4.69) is 9.97 Å². The van der Waals surface area contributed by atoms with Gasteiger partial charge in [0.2, 0.25) is 11.8 Å². The number of hydrogen-bond acceptors (Lipinski definition) is 7. The first-order valence-electron chi connectivity index (χ1n) is 7.56. The molecule has 0 unspecified atom stereocenters. The van der Waals surface area contributed by atoms with Gasteiger partial charge >= 0.3 is 0 Å². The van der Waals surface area contributed by atoms with Crippen LogP contribution in [0.15, 0.2) is 40.8 Å². The van der Waals surface area contributed by atoms with Crippen LogP contribution in [-0.4, -0.2) is 23.7 Å². The molecule has 0 amide bonds. The van der Waals surface area contributed by atoms with E-state index in [9.17, 15) is 10.1 Å². The number of hydrogen-bond donors (Lipinski definition) is 2. The van der Waals surface area contributed by atoms with E-state index in [1.165, 1.54) is 13.4 Å². The molecule has 0 fully saturated rings. The number of aromatic nitrogens is 2. The Kier molecular flexibility index (Phi) is 4.31. The molecule has 0 bridgehead atoms. The zero-order chi connectivity index (χ0) is 18.0. The number of H-pyrrole nitrogens is 1. The maximum Gasteiger partial charge on any atom is 0.258 e. The number of ether oxygens (including phenoxy) is 3. The SMILES string of the molecule is CCOc1ccc([C@@H]2C(C#N)=C(N)Oc3nc[nH]c(=O)c32)cc1OC. The van der Waals surface area contributed by atoms with Crippen LogP contribution in [0.25, 0.3) is 0 Å². The molecule has 0 saturated heterocycles. The minimum absolute atomic E-state index is 0.0778. The summed E-state index contributed by atoms with van der Waals surface area (Å²) in [6, 6.07) is 7.21. The monoisotopic (exact) mass is 340 g/mol. The Balaban J connectivity index is 2.22. The molecular weight excluding hydrogens is 324 g/mol. The van der Waals surface area contributed by atoms with Crippen LogP contribution in [0.5, 0.6) is 17.4 Å². The number of nitriles is 1. The van der Waals surface area contributed by atoms with Gasteiger partial charge in [-0.05, 0) is 24.6 Å². The Hall–Kier alpha value is -3.47. The van der Waals surface area contributed by atoms with Gasteiger partial charge in [0.1, 0.15) is 11.6 Å². The van der Waals surface area contributed by atoms with Gasteiger partial charge in [-0.1, -0.05) is 6.07 Å². The third kappa shape index (κ3) is 2.76. The minimum Gasteiger partial charge on any atom is -0.493 e. The Labute approximate surface area is 143 Å². The average Bonchev–Trinajstić information content (AvgIpc) is 2.61. The molecule has 2 heterocycles. The number of allylic oxidation sites excluding steroid dienone is 1. The third-order valence-corrected chi connectivity index (χ3v) is 3.84. The fourth-order valence-corrected chi connectivity index (χ4v) is 2.77. The molecule has 25 heavy (non-hydrogen) atoms. The van der Waals surface area contributed by atoms with Crippen LogP contribution in [0.2, 0.25) is 0 Å². The Morgan fingerprint density at radius 2 is 2.24 bits per heavy atom. The predicted molar refractivity (Wildman–Crippen MR) is 88.3 cm³/mol. The summed E-state index contributed by atoms with van der Waals surface area (Å²) < 4.78 is 16.2. The van der Waals surface area contributed by atoms with Crippen LogP contribution in [0, 0.1) is 11.3 Å². The van der Waals surface area contributed by atoms with E-state index < -0.39 is 11.5 Å². The Morgan fingerprint density at radius 3 is 2.92 bits per heavy atom. The van der Waals surface area contributed by atoms with Crippen LogP contribution in [0.4, 0.5) is 0 Å². The maximum absolute atomic E-state index is 12.3. The summed E-state index contributed by atoms with van der Waals surface area (Å²) in [5.74, 6) is 0.347. The highest BCUT2D eigenvalue weighted by Crippen LogP contribution is 2.41. The van der Waals surface area contributed by atoms with Crippen molar-refractivity contribution in [2.24, 2.45) is 5.73 Å². The molecule has 1 atom stereocenters. The van der Waals surface area contributed by atoms with Gasteiger partial charge in [0.05, 0.1) is 31.5 Å². The number of nitrogens with two attached hydrogens (primary N) is 1. The summed E-state index contributed by atoms with van der Waals surface area (Å²) >= 11 is 0. The van der Waals surface area contributed by atoms with Gasteiger partial charge in [-0.25, -0.2) is 4.98 Å². The van der Waals surface area contributed by atoms with Crippen molar-refractivity contribution in [3.63, 3.8) is 0 Å². The number of rotatable bonds is 4. The summed E-state index contributed by atoms with van der Waals surface area (Å²) in [7, 11) is 1.52. The highest BCUT2D eigenvalue weighted by Gasteiger charge is 2.34. The minimum atomic E-state index is -0.712. The van der Waals surface area contributed by atoms with Gasteiger partial charge in [0.15, 0.2) is 11.5 Å². The van der Waals surface area contributed by atoms with E-state index in [0.29, 0.717) is 23.7 Å². The highest BCUT2D eigenvalue weighted by molar-refractivity contribution is 5.55. The smallest absolute Gasteiger partial charge is 0.258 e. The standard InChI is InChI=1S/C17H16N4O4/c1-3-24-11-5-4-9(6-12(11)23-2)13-10(7-18)15(19)25-17-14(13)16(22)20-8-21-17/h4-6,8,13H,3,19H2,1-2H3,(H,20,21,22)/t13-/m1/s1. The summed E-state index contributed by atoms with van der Waals surface area (Å²) in [4.78, 5) is 18.8. The Morgan fingerprint density at radius 1 is 1.44 bits per heavy atom. The van der Waals surface area contributed by atoms with Crippen molar-refractivity contribution in [3.8, 4) is 23.4 Å². The first kappa shape index (κ1) is 16.4. The molecule has 1 aliphatic rings. The van der Waals surface area contributed by atoms with E-state index >= 15 is 0 Å². The molecule has 1 aromatic carbocycles. The van der Waals surface area contributed by atoms with E-state index in [0.717, 1.165) is 0 Å². The summed E-state index contributed by atoms with van der Waals surface area (Å²) in [5.41, 5.74) is 6.46. The number of fused-ring (bicyclic) bond motifs is 1. The molecule has 0 aliphatic carbocycles.